The summed E-state index contributed by atoms with van der Waals surface area (Å²) < 4.78 is 5.59. The van der Waals surface area contributed by atoms with E-state index >= 15 is 0 Å². The third-order valence-corrected chi connectivity index (χ3v) is 2.53. The van der Waals surface area contributed by atoms with Gasteiger partial charge in [0.1, 0.15) is 11.3 Å². The zero-order chi connectivity index (χ0) is 9.97. The van der Waals surface area contributed by atoms with Crippen molar-refractivity contribution in [3.05, 3.63) is 35.6 Å². The maximum absolute atomic E-state index is 5.59. The first-order valence-corrected chi connectivity index (χ1v) is 5.28. The predicted octanol–water partition coefficient (Wildman–Crippen LogP) is 4.08. The number of fused-ring (bicyclic) bond motifs is 1. The molecule has 1 heterocycles. The lowest BCUT2D eigenvalue weighted by Crippen LogP contribution is -1.82. The Morgan fingerprint density at radius 3 is 2.86 bits per heavy atom. The van der Waals surface area contributed by atoms with Crippen molar-refractivity contribution in [2.45, 2.75) is 33.1 Å². The minimum Gasteiger partial charge on any atom is -0.461 e. The van der Waals surface area contributed by atoms with Crippen molar-refractivity contribution in [1.82, 2.24) is 0 Å². The van der Waals surface area contributed by atoms with E-state index in [1.165, 1.54) is 23.8 Å². The van der Waals surface area contributed by atoms with Crippen LogP contribution in [0.15, 0.2) is 28.7 Å². The van der Waals surface area contributed by atoms with Crippen LogP contribution in [0.1, 0.15) is 31.1 Å². The van der Waals surface area contributed by atoms with Crippen LogP contribution >= 0.6 is 0 Å². The minimum atomic E-state index is 0.993. The number of aryl methyl sites for hydroxylation is 2. The lowest BCUT2D eigenvalue weighted by atomic mass is 10.1. The second kappa shape index (κ2) is 3.87. The highest BCUT2D eigenvalue weighted by molar-refractivity contribution is 5.78. The van der Waals surface area contributed by atoms with Gasteiger partial charge in [-0.15, -0.1) is 0 Å². The van der Waals surface area contributed by atoms with Gasteiger partial charge in [0, 0.05) is 5.39 Å². The molecule has 1 aromatic heterocycles. The molecular formula is C13H16O. The van der Waals surface area contributed by atoms with Crippen molar-refractivity contribution >= 4 is 11.0 Å². The lowest BCUT2D eigenvalue weighted by molar-refractivity contribution is 0.578. The minimum absolute atomic E-state index is 0.993. The number of hydrogen-bond acceptors (Lipinski definition) is 1. The maximum Gasteiger partial charge on any atom is 0.134 e. The van der Waals surface area contributed by atoms with Gasteiger partial charge in [-0.2, -0.15) is 0 Å². The Kier molecular flexibility index (Phi) is 2.58. The van der Waals surface area contributed by atoms with Crippen LogP contribution in [0.4, 0.5) is 0 Å². The number of hydrogen-bond donors (Lipinski definition) is 0. The molecule has 0 aliphatic rings. The fraction of sp³-hybridized carbons (Fsp3) is 0.385. The van der Waals surface area contributed by atoms with Crippen molar-refractivity contribution in [2.24, 2.45) is 0 Å². The van der Waals surface area contributed by atoms with E-state index in [-0.39, 0.29) is 0 Å². The molecule has 0 N–H and O–H groups in total. The van der Waals surface area contributed by atoms with E-state index in [0.29, 0.717) is 0 Å². The molecule has 0 saturated heterocycles. The molecule has 0 amide bonds. The van der Waals surface area contributed by atoms with Crippen LogP contribution in [0, 0.1) is 6.92 Å². The lowest BCUT2D eigenvalue weighted by Gasteiger charge is -1.98. The summed E-state index contributed by atoms with van der Waals surface area (Å²) in [5, 5.41) is 1.21. The molecule has 0 saturated carbocycles. The summed E-state index contributed by atoms with van der Waals surface area (Å²) in [4.78, 5) is 0. The van der Waals surface area contributed by atoms with Crippen LogP contribution in [-0.2, 0) is 6.42 Å². The summed E-state index contributed by atoms with van der Waals surface area (Å²) in [6, 6.07) is 8.60. The number of rotatable bonds is 3. The first-order chi connectivity index (χ1) is 6.79. The summed E-state index contributed by atoms with van der Waals surface area (Å²) in [6.07, 6.45) is 3.66. The fourth-order valence-electron chi connectivity index (χ4n) is 1.74. The Morgan fingerprint density at radius 2 is 2.07 bits per heavy atom. The van der Waals surface area contributed by atoms with Gasteiger partial charge in [-0.1, -0.05) is 25.5 Å². The highest BCUT2D eigenvalue weighted by atomic mass is 16.3. The summed E-state index contributed by atoms with van der Waals surface area (Å²) in [6.45, 7) is 4.21. The third-order valence-electron chi connectivity index (χ3n) is 2.53. The van der Waals surface area contributed by atoms with Crippen LogP contribution in [-0.4, -0.2) is 0 Å². The molecule has 0 aliphatic carbocycles. The molecule has 0 atom stereocenters. The fourth-order valence-corrected chi connectivity index (χ4v) is 1.74. The summed E-state index contributed by atoms with van der Waals surface area (Å²) >= 11 is 0. The molecule has 1 nitrogen and oxygen atoms in total. The third kappa shape index (κ3) is 1.82. The Bertz CT molecular complexity index is 426. The number of furan rings is 1. The molecule has 0 bridgehead atoms. The number of benzene rings is 1. The average molecular weight is 188 g/mol. The molecule has 2 aromatic rings. The average Bonchev–Trinajstić information content (AvgIpc) is 2.54. The highest BCUT2D eigenvalue weighted by Crippen LogP contribution is 2.20. The van der Waals surface area contributed by atoms with Crippen LogP contribution < -0.4 is 0 Å². The Morgan fingerprint density at radius 1 is 1.21 bits per heavy atom. The van der Waals surface area contributed by atoms with Gasteiger partial charge in [-0.3, -0.25) is 0 Å². The van der Waals surface area contributed by atoms with Crippen LogP contribution in [0.3, 0.4) is 0 Å². The standard InChI is InChI=1S/C13H16O/c1-3-4-5-11-6-7-12-8-10(2)14-13(12)9-11/h6-9H,3-5H2,1-2H3. The summed E-state index contributed by atoms with van der Waals surface area (Å²) in [5.41, 5.74) is 2.41. The molecule has 0 radical (unpaired) electrons. The molecule has 0 unspecified atom stereocenters. The van der Waals surface area contributed by atoms with Crippen LogP contribution in [0.25, 0.3) is 11.0 Å². The SMILES string of the molecule is CCCCc1ccc2cc(C)oc2c1. The Labute approximate surface area is 84.7 Å². The van der Waals surface area contributed by atoms with Gasteiger partial charge in [-0.25, -0.2) is 0 Å². The largest absolute Gasteiger partial charge is 0.461 e. The zero-order valence-electron chi connectivity index (χ0n) is 8.84. The van der Waals surface area contributed by atoms with Gasteiger partial charge in [0.2, 0.25) is 0 Å². The molecule has 14 heavy (non-hydrogen) atoms. The maximum atomic E-state index is 5.59. The molecular weight excluding hydrogens is 172 g/mol. The molecule has 1 aromatic carbocycles. The van der Waals surface area contributed by atoms with E-state index in [9.17, 15) is 0 Å². The van der Waals surface area contributed by atoms with E-state index in [1.54, 1.807) is 0 Å². The summed E-state index contributed by atoms with van der Waals surface area (Å²) in [7, 11) is 0. The van der Waals surface area contributed by atoms with Crippen molar-refractivity contribution in [1.29, 1.82) is 0 Å². The van der Waals surface area contributed by atoms with Crippen molar-refractivity contribution < 1.29 is 4.42 Å². The molecule has 74 valence electrons. The van der Waals surface area contributed by atoms with Gasteiger partial charge in [-0.05, 0) is 37.5 Å². The monoisotopic (exact) mass is 188 g/mol. The van der Waals surface area contributed by atoms with Gasteiger partial charge in [0.25, 0.3) is 0 Å². The van der Waals surface area contributed by atoms with Gasteiger partial charge in [0.05, 0.1) is 0 Å². The smallest absolute Gasteiger partial charge is 0.134 e. The van der Waals surface area contributed by atoms with Crippen LogP contribution in [0.5, 0.6) is 0 Å². The van der Waals surface area contributed by atoms with Crippen molar-refractivity contribution in [3.8, 4) is 0 Å². The normalized spacial score (nSPS) is 11.0. The molecule has 2 rings (SSSR count). The molecule has 0 fully saturated rings. The van der Waals surface area contributed by atoms with E-state index in [4.69, 9.17) is 4.42 Å². The first kappa shape index (κ1) is 9.32. The summed E-state index contributed by atoms with van der Waals surface area (Å²) in [5.74, 6) is 0.993. The van der Waals surface area contributed by atoms with E-state index in [2.05, 4.69) is 31.2 Å². The highest BCUT2D eigenvalue weighted by Gasteiger charge is 2.00. The second-order valence-corrected chi connectivity index (χ2v) is 3.83. The quantitative estimate of drug-likeness (QED) is 0.707. The second-order valence-electron chi connectivity index (χ2n) is 3.83. The molecule has 0 spiro atoms. The first-order valence-electron chi connectivity index (χ1n) is 5.28. The van der Waals surface area contributed by atoms with E-state index < -0.39 is 0 Å². The van der Waals surface area contributed by atoms with E-state index in [1.807, 2.05) is 6.92 Å². The zero-order valence-corrected chi connectivity index (χ0v) is 8.84. The Hall–Kier alpha value is -1.24. The van der Waals surface area contributed by atoms with E-state index in [0.717, 1.165) is 17.8 Å². The molecule has 0 aliphatic heterocycles. The number of unbranched alkanes of at least 4 members (excludes halogenated alkanes) is 1. The molecule has 1 heteroatoms. The van der Waals surface area contributed by atoms with Crippen LogP contribution in [0.2, 0.25) is 0 Å². The van der Waals surface area contributed by atoms with Gasteiger partial charge < -0.3 is 4.42 Å². The van der Waals surface area contributed by atoms with Crippen molar-refractivity contribution in [2.75, 3.05) is 0 Å². The Balaban J connectivity index is 2.31. The predicted molar refractivity (Wildman–Crippen MR) is 59.6 cm³/mol. The topological polar surface area (TPSA) is 13.1 Å². The van der Waals surface area contributed by atoms with Crippen molar-refractivity contribution in [3.63, 3.8) is 0 Å². The van der Waals surface area contributed by atoms with Gasteiger partial charge >= 0.3 is 0 Å². The van der Waals surface area contributed by atoms with Gasteiger partial charge in [0.15, 0.2) is 0 Å².